The van der Waals surface area contributed by atoms with E-state index in [-0.39, 0.29) is 5.56 Å². The van der Waals surface area contributed by atoms with Crippen molar-refractivity contribution >= 4 is 11.9 Å². The third kappa shape index (κ3) is 3.28. The Hall–Kier alpha value is -2.62. The molecule has 0 aliphatic carbocycles. The van der Waals surface area contributed by atoms with Crippen LogP contribution >= 0.6 is 0 Å². The fourth-order valence-electron chi connectivity index (χ4n) is 2.23. The maximum absolute atomic E-state index is 11.8. The summed E-state index contributed by atoms with van der Waals surface area (Å²) in [7, 11) is 1.33. The smallest absolute Gasteiger partial charge is 0.338 e. The zero-order valence-corrected chi connectivity index (χ0v) is 11.9. The normalized spacial score (nSPS) is 10.2. The van der Waals surface area contributed by atoms with Crippen molar-refractivity contribution in [1.82, 2.24) is 0 Å². The zero-order valence-electron chi connectivity index (χ0n) is 11.9. The van der Waals surface area contributed by atoms with Crippen LogP contribution in [0.4, 0.5) is 0 Å². The van der Waals surface area contributed by atoms with Gasteiger partial charge in [-0.15, -0.1) is 0 Å². The van der Waals surface area contributed by atoms with E-state index in [9.17, 15) is 14.7 Å². The highest BCUT2D eigenvalue weighted by molar-refractivity contribution is 5.92. The third-order valence-electron chi connectivity index (χ3n) is 3.30. The van der Waals surface area contributed by atoms with Gasteiger partial charge in [-0.1, -0.05) is 35.9 Å². The molecule has 0 aliphatic rings. The number of carboxylic acids is 1. The van der Waals surface area contributed by atoms with Crippen LogP contribution in [0.3, 0.4) is 0 Å². The fourth-order valence-corrected chi connectivity index (χ4v) is 2.23. The molecule has 108 valence electrons. The Bertz CT molecular complexity index is 689. The minimum absolute atomic E-state index is 0.259. The van der Waals surface area contributed by atoms with Gasteiger partial charge in [-0.25, -0.2) is 9.59 Å². The predicted octanol–water partition coefficient (Wildman–Crippen LogP) is 3.07. The molecule has 0 saturated heterocycles. The largest absolute Gasteiger partial charge is 0.478 e. The van der Waals surface area contributed by atoms with Crippen molar-refractivity contribution in [2.75, 3.05) is 7.11 Å². The van der Waals surface area contributed by atoms with Crippen molar-refractivity contribution in [3.8, 4) is 0 Å². The second-order valence-electron chi connectivity index (χ2n) is 4.79. The van der Waals surface area contributed by atoms with E-state index < -0.39 is 11.9 Å². The van der Waals surface area contributed by atoms with Crippen LogP contribution in [0.5, 0.6) is 0 Å². The summed E-state index contributed by atoms with van der Waals surface area (Å²) in [5.74, 6) is -1.39. The molecule has 0 radical (unpaired) electrons. The number of ether oxygens (including phenoxy) is 1. The first-order valence-electron chi connectivity index (χ1n) is 6.52. The van der Waals surface area contributed by atoms with Crippen LogP contribution in [0.25, 0.3) is 0 Å². The number of carbonyl (C=O) groups excluding carboxylic acids is 1. The molecule has 0 aliphatic heterocycles. The number of aryl methyl sites for hydroxylation is 1. The van der Waals surface area contributed by atoms with E-state index in [0.29, 0.717) is 17.5 Å². The number of hydrogen-bond donors (Lipinski definition) is 1. The highest BCUT2D eigenvalue weighted by Gasteiger charge is 2.15. The van der Waals surface area contributed by atoms with Gasteiger partial charge >= 0.3 is 11.9 Å². The second-order valence-corrected chi connectivity index (χ2v) is 4.79. The molecule has 0 unspecified atom stereocenters. The number of rotatable bonds is 4. The second kappa shape index (κ2) is 6.22. The van der Waals surface area contributed by atoms with E-state index >= 15 is 0 Å². The van der Waals surface area contributed by atoms with E-state index in [1.807, 2.05) is 19.1 Å². The van der Waals surface area contributed by atoms with Gasteiger partial charge in [0.1, 0.15) is 0 Å². The Morgan fingerprint density at radius 3 is 2.38 bits per heavy atom. The molecule has 21 heavy (non-hydrogen) atoms. The number of carboxylic acid groups (broad SMARTS) is 1. The fraction of sp³-hybridized carbons (Fsp3) is 0.176. The molecule has 0 atom stereocenters. The van der Waals surface area contributed by atoms with Crippen molar-refractivity contribution in [2.24, 2.45) is 0 Å². The van der Waals surface area contributed by atoms with Crippen molar-refractivity contribution in [3.63, 3.8) is 0 Å². The van der Waals surface area contributed by atoms with Crippen molar-refractivity contribution in [1.29, 1.82) is 0 Å². The number of hydrogen-bond acceptors (Lipinski definition) is 3. The van der Waals surface area contributed by atoms with E-state index in [1.54, 1.807) is 30.3 Å². The zero-order chi connectivity index (χ0) is 15.4. The maximum Gasteiger partial charge on any atom is 0.338 e. The first-order chi connectivity index (χ1) is 10.0. The number of benzene rings is 2. The topological polar surface area (TPSA) is 63.6 Å². The molecule has 0 amide bonds. The molecule has 4 heteroatoms. The molecule has 1 N–H and O–H groups in total. The van der Waals surface area contributed by atoms with Crippen LogP contribution < -0.4 is 0 Å². The van der Waals surface area contributed by atoms with Crippen LogP contribution in [-0.4, -0.2) is 24.2 Å². The molecule has 0 aromatic heterocycles. The first kappa shape index (κ1) is 14.8. The summed E-state index contributed by atoms with van der Waals surface area (Å²) in [4.78, 5) is 23.1. The molecule has 2 rings (SSSR count). The maximum atomic E-state index is 11.8. The summed E-state index contributed by atoms with van der Waals surface area (Å²) in [5, 5.41) is 9.30. The van der Waals surface area contributed by atoms with Crippen LogP contribution in [0.15, 0.2) is 42.5 Å². The lowest BCUT2D eigenvalue weighted by Gasteiger charge is -2.10. The van der Waals surface area contributed by atoms with Gasteiger partial charge in [-0.05, 0) is 36.6 Å². The summed E-state index contributed by atoms with van der Waals surface area (Å²) in [6.45, 7) is 1.85. The van der Waals surface area contributed by atoms with Crippen molar-refractivity contribution < 1.29 is 19.4 Å². The standard InChI is InChI=1S/C17H16O4/c1-11-7-8-13(15(9-11)16(18)19)10-12-5-3-4-6-14(12)17(20)21-2/h3-9H,10H2,1-2H3,(H,18,19). The Balaban J connectivity index is 2.44. The summed E-state index contributed by atoms with van der Waals surface area (Å²) in [6, 6.07) is 12.3. The summed E-state index contributed by atoms with van der Waals surface area (Å²) < 4.78 is 4.76. The van der Waals surface area contributed by atoms with Crippen LogP contribution in [0, 0.1) is 6.92 Å². The molecule has 0 heterocycles. The number of methoxy groups -OCH3 is 1. The van der Waals surface area contributed by atoms with E-state index in [4.69, 9.17) is 4.74 Å². The highest BCUT2D eigenvalue weighted by Crippen LogP contribution is 2.19. The van der Waals surface area contributed by atoms with Gasteiger partial charge in [0.15, 0.2) is 0 Å². The average molecular weight is 284 g/mol. The summed E-state index contributed by atoms with van der Waals surface area (Å²) in [6.07, 6.45) is 0.368. The van der Waals surface area contributed by atoms with E-state index in [2.05, 4.69) is 0 Å². The third-order valence-corrected chi connectivity index (χ3v) is 3.30. The van der Waals surface area contributed by atoms with Gasteiger partial charge in [0.05, 0.1) is 18.2 Å². The molecule has 2 aromatic carbocycles. The lowest BCUT2D eigenvalue weighted by atomic mass is 9.95. The molecular weight excluding hydrogens is 268 g/mol. The van der Waals surface area contributed by atoms with E-state index in [0.717, 1.165) is 11.1 Å². The Labute approximate surface area is 123 Å². The lowest BCUT2D eigenvalue weighted by molar-refractivity contribution is 0.0599. The van der Waals surface area contributed by atoms with Gasteiger partial charge in [0, 0.05) is 0 Å². The lowest BCUT2D eigenvalue weighted by Crippen LogP contribution is -2.08. The van der Waals surface area contributed by atoms with Gasteiger partial charge < -0.3 is 9.84 Å². The molecule has 0 bridgehead atoms. The number of aromatic carboxylic acids is 1. The molecule has 0 fully saturated rings. The minimum atomic E-state index is -0.968. The van der Waals surface area contributed by atoms with Crippen molar-refractivity contribution in [3.05, 3.63) is 70.3 Å². The molecule has 4 nitrogen and oxygen atoms in total. The predicted molar refractivity (Wildman–Crippen MR) is 78.7 cm³/mol. The Kier molecular flexibility index (Phi) is 4.38. The van der Waals surface area contributed by atoms with Crippen LogP contribution in [0.2, 0.25) is 0 Å². The average Bonchev–Trinajstić information content (AvgIpc) is 2.48. The molecule has 0 spiro atoms. The summed E-state index contributed by atoms with van der Waals surface area (Å²) in [5.41, 5.74) is 3.02. The molecule has 2 aromatic rings. The highest BCUT2D eigenvalue weighted by atomic mass is 16.5. The summed E-state index contributed by atoms with van der Waals surface area (Å²) >= 11 is 0. The first-order valence-corrected chi connectivity index (χ1v) is 6.52. The van der Waals surface area contributed by atoms with Crippen LogP contribution in [-0.2, 0) is 11.2 Å². The van der Waals surface area contributed by atoms with Gasteiger partial charge in [0.2, 0.25) is 0 Å². The SMILES string of the molecule is COC(=O)c1ccccc1Cc1ccc(C)cc1C(=O)O. The molecule has 0 saturated carbocycles. The molecular formula is C17H16O4. The number of esters is 1. The van der Waals surface area contributed by atoms with Gasteiger partial charge in [0.25, 0.3) is 0 Å². The van der Waals surface area contributed by atoms with Crippen molar-refractivity contribution in [2.45, 2.75) is 13.3 Å². The minimum Gasteiger partial charge on any atom is -0.478 e. The van der Waals surface area contributed by atoms with E-state index in [1.165, 1.54) is 7.11 Å². The number of carbonyl (C=O) groups is 2. The van der Waals surface area contributed by atoms with Crippen LogP contribution in [0.1, 0.15) is 37.4 Å². The van der Waals surface area contributed by atoms with Gasteiger partial charge in [-0.2, -0.15) is 0 Å². The quantitative estimate of drug-likeness (QED) is 0.876. The monoisotopic (exact) mass is 284 g/mol. The van der Waals surface area contributed by atoms with Gasteiger partial charge in [-0.3, -0.25) is 0 Å². The Morgan fingerprint density at radius 1 is 1.05 bits per heavy atom. The Morgan fingerprint density at radius 2 is 1.71 bits per heavy atom.